The predicted molar refractivity (Wildman–Crippen MR) is 80.2 cm³/mol. The van der Waals surface area contributed by atoms with E-state index in [-0.39, 0.29) is 21.9 Å². The molecule has 0 saturated heterocycles. The van der Waals surface area contributed by atoms with Crippen LogP contribution in [0.2, 0.25) is 0 Å². The fourth-order valence-corrected chi connectivity index (χ4v) is 2.38. The largest absolute Gasteiger partial charge is 0.495 e. The van der Waals surface area contributed by atoms with Gasteiger partial charge >= 0.3 is 0 Å². The number of anilines is 1. The third-order valence-electron chi connectivity index (χ3n) is 3.23. The first-order valence-corrected chi connectivity index (χ1v) is 6.71. The molecule has 1 aliphatic rings. The molecule has 6 nitrogen and oxygen atoms in total. The van der Waals surface area contributed by atoms with Crippen LogP contribution >= 0.6 is 11.6 Å². The number of benzene rings is 1. The van der Waals surface area contributed by atoms with E-state index in [0.29, 0.717) is 11.4 Å². The molecule has 0 fully saturated rings. The van der Waals surface area contributed by atoms with Crippen molar-refractivity contribution in [3.63, 3.8) is 0 Å². The van der Waals surface area contributed by atoms with Crippen molar-refractivity contribution in [1.29, 1.82) is 0 Å². The number of Topliss-reactive ketones (excluding diaryl/α,β-unsaturated/α-hetero) is 2. The topological polar surface area (TPSA) is 81.2 Å². The molecular weight excluding hydrogens is 306 g/mol. The zero-order chi connectivity index (χ0) is 15.7. The Morgan fingerprint density at radius 3 is 2.36 bits per heavy atom. The molecule has 2 aromatic rings. The van der Waals surface area contributed by atoms with Gasteiger partial charge in [-0.05, 0) is 12.1 Å². The smallest absolute Gasteiger partial charge is 0.213 e. The maximum atomic E-state index is 12.5. The molecule has 0 radical (unpaired) electrons. The molecule has 1 aromatic carbocycles. The molecule has 3 rings (SSSR count). The van der Waals surface area contributed by atoms with Gasteiger partial charge in [-0.25, -0.2) is 0 Å². The molecule has 0 spiro atoms. The van der Waals surface area contributed by atoms with Crippen molar-refractivity contribution in [1.82, 2.24) is 10.2 Å². The Kier molecular flexibility index (Phi) is 3.60. The Bertz CT molecular complexity index is 817. The highest BCUT2D eigenvalue weighted by molar-refractivity contribution is 6.50. The molecule has 22 heavy (non-hydrogen) atoms. The monoisotopic (exact) mass is 315 g/mol. The highest BCUT2D eigenvalue weighted by atomic mass is 35.5. The van der Waals surface area contributed by atoms with Gasteiger partial charge in [0.05, 0.1) is 36.3 Å². The van der Waals surface area contributed by atoms with Gasteiger partial charge in [0.15, 0.2) is 0 Å². The van der Waals surface area contributed by atoms with Crippen molar-refractivity contribution in [2.24, 2.45) is 0 Å². The van der Waals surface area contributed by atoms with Gasteiger partial charge in [-0.3, -0.25) is 9.59 Å². The molecule has 0 saturated carbocycles. The molecule has 0 amide bonds. The summed E-state index contributed by atoms with van der Waals surface area (Å²) in [5, 5.41) is 9.94. The molecule has 1 aromatic heterocycles. The second-order valence-corrected chi connectivity index (χ2v) is 4.87. The number of hydrogen-bond acceptors (Lipinski definition) is 6. The van der Waals surface area contributed by atoms with Crippen LogP contribution in [-0.4, -0.2) is 28.9 Å². The number of rotatable bonds is 3. The number of methoxy groups -OCH3 is 1. The number of halogens is 1. The summed E-state index contributed by atoms with van der Waals surface area (Å²) in [5.41, 5.74) is 0.846. The Hall–Kier alpha value is -2.73. The number of carbonyl (C=O) groups excluding carboxylic acids is 2. The number of nitrogens with one attached hydrogen (secondary N) is 1. The van der Waals surface area contributed by atoms with Gasteiger partial charge in [-0.15, -0.1) is 0 Å². The number of allylic oxidation sites excluding steroid dienone is 2. The summed E-state index contributed by atoms with van der Waals surface area (Å²) in [6, 6.07) is 7.01. The van der Waals surface area contributed by atoms with Crippen molar-refractivity contribution in [2.75, 3.05) is 12.4 Å². The van der Waals surface area contributed by atoms with Crippen LogP contribution in [0, 0.1) is 0 Å². The van der Waals surface area contributed by atoms with E-state index in [1.807, 2.05) is 0 Å². The van der Waals surface area contributed by atoms with Crippen LogP contribution in [0.4, 0.5) is 5.69 Å². The minimum absolute atomic E-state index is 0.00309. The summed E-state index contributed by atoms with van der Waals surface area (Å²) in [5.74, 6) is -0.359. The Labute approximate surface area is 130 Å². The molecule has 0 aliphatic heterocycles. The van der Waals surface area contributed by atoms with E-state index in [1.165, 1.54) is 19.5 Å². The van der Waals surface area contributed by atoms with Crippen molar-refractivity contribution in [3.05, 3.63) is 58.5 Å². The third kappa shape index (κ3) is 2.23. The number of hydrogen-bond donors (Lipinski definition) is 1. The minimum Gasteiger partial charge on any atom is -0.495 e. The standard InChI is InChI=1S/C15H10ClN3O3/c1-22-11-5-3-2-4-10(11)19-13-12(16)14(20)8-6-17-18-7-9(8)15(13)21/h2-7,19H,1H3. The average molecular weight is 316 g/mol. The van der Waals surface area contributed by atoms with Crippen molar-refractivity contribution < 1.29 is 14.3 Å². The van der Waals surface area contributed by atoms with Crippen LogP contribution in [0.3, 0.4) is 0 Å². The molecule has 0 unspecified atom stereocenters. The molecule has 7 heteroatoms. The van der Waals surface area contributed by atoms with Crippen LogP contribution in [0.1, 0.15) is 20.7 Å². The lowest BCUT2D eigenvalue weighted by molar-refractivity contribution is 0.0981. The highest BCUT2D eigenvalue weighted by Gasteiger charge is 2.32. The quantitative estimate of drug-likeness (QED) is 0.937. The number of carbonyl (C=O) groups is 2. The molecule has 1 aliphatic carbocycles. The zero-order valence-corrected chi connectivity index (χ0v) is 12.2. The second kappa shape index (κ2) is 5.57. The van der Waals surface area contributed by atoms with Gasteiger partial charge in [0, 0.05) is 0 Å². The van der Waals surface area contributed by atoms with E-state index >= 15 is 0 Å². The molecule has 1 N–H and O–H groups in total. The fourth-order valence-electron chi connectivity index (χ4n) is 2.14. The van der Waals surface area contributed by atoms with Gasteiger partial charge in [-0.1, -0.05) is 23.7 Å². The van der Waals surface area contributed by atoms with E-state index in [9.17, 15) is 9.59 Å². The van der Waals surface area contributed by atoms with Crippen LogP contribution < -0.4 is 10.1 Å². The van der Waals surface area contributed by atoms with E-state index in [2.05, 4.69) is 15.5 Å². The summed E-state index contributed by atoms with van der Waals surface area (Å²) < 4.78 is 5.21. The van der Waals surface area contributed by atoms with Crippen LogP contribution in [0.25, 0.3) is 0 Å². The van der Waals surface area contributed by atoms with Gasteiger partial charge < -0.3 is 10.1 Å². The summed E-state index contributed by atoms with van der Waals surface area (Å²) in [6.45, 7) is 0. The number of fused-ring (bicyclic) bond motifs is 1. The predicted octanol–water partition coefficient (Wildman–Crippen LogP) is 2.43. The first kappa shape index (κ1) is 14.2. The van der Waals surface area contributed by atoms with E-state index in [1.54, 1.807) is 24.3 Å². The number of nitrogens with zero attached hydrogens (tertiary/aromatic N) is 2. The van der Waals surface area contributed by atoms with Crippen molar-refractivity contribution in [2.45, 2.75) is 0 Å². The maximum Gasteiger partial charge on any atom is 0.213 e. The van der Waals surface area contributed by atoms with Gasteiger partial charge in [-0.2, -0.15) is 10.2 Å². The lowest BCUT2D eigenvalue weighted by atomic mass is 9.95. The van der Waals surface area contributed by atoms with Crippen LogP contribution in [0.15, 0.2) is 47.4 Å². The maximum absolute atomic E-state index is 12.5. The van der Waals surface area contributed by atoms with Crippen molar-refractivity contribution in [3.8, 4) is 5.75 Å². The lowest BCUT2D eigenvalue weighted by Gasteiger charge is -2.19. The van der Waals surface area contributed by atoms with Crippen molar-refractivity contribution >= 4 is 28.9 Å². The fraction of sp³-hybridized carbons (Fsp3) is 0.0667. The lowest BCUT2D eigenvalue weighted by Crippen LogP contribution is -2.25. The average Bonchev–Trinajstić information content (AvgIpc) is 2.57. The second-order valence-electron chi connectivity index (χ2n) is 4.49. The first-order valence-electron chi connectivity index (χ1n) is 6.33. The number of ketones is 2. The zero-order valence-electron chi connectivity index (χ0n) is 11.5. The SMILES string of the molecule is COc1ccccc1NC1=C(Cl)C(=O)c2cnncc2C1=O. The molecule has 110 valence electrons. The Morgan fingerprint density at radius 1 is 1.05 bits per heavy atom. The third-order valence-corrected chi connectivity index (χ3v) is 3.59. The Balaban J connectivity index is 2.06. The minimum atomic E-state index is -0.469. The Morgan fingerprint density at radius 2 is 1.68 bits per heavy atom. The van der Waals surface area contributed by atoms with Crippen LogP contribution in [-0.2, 0) is 0 Å². The molecule has 1 heterocycles. The summed E-state index contributed by atoms with van der Waals surface area (Å²) in [4.78, 5) is 24.7. The summed E-state index contributed by atoms with van der Waals surface area (Å²) >= 11 is 6.06. The first-order chi connectivity index (χ1) is 10.6. The number of para-hydroxylation sites is 2. The highest BCUT2D eigenvalue weighted by Crippen LogP contribution is 2.31. The molecule has 0 atom stereocenters. The normalized spacial score (nSPS) is 13.9. The summed E-state index contributed by atoms with van der Waals surface area (Å²) in [7, 11) is 1.51. The van der Waals surface area contributed by atoms with Crippen LogP contribution in [0.5, 0.6) is 5.75 Å². The van der Waals surface area contributed by atoms with E-state index in [4.69, 9.17) is 16.3 Å². The van der Waals surface area contributed by atoms with Gasteiger partial charge in [0.25, 0.3) is 0 Å². The number of ether oxygens (including phenoxy) is 1. The number of aromatic nitrogens is 2. The molecule has 0 bridgehead atoms. The van der Waals surface area contributed by atoms with E-state index < -0.39 is 11.6 Å². The van der Waals surface area contributed by atoms with Gasteiger partial charge in [0.1, 0.15) is 16.5 Å². The van der Waals surface area contributed by atoms with Gasteiger partial charge in [0.2, 0.25) is 11.6 Å². The molecular formula is C15H10ClN3O3. The summed E-state index contributed by atoms with van der Waals surface area (Å²) in [6.07, 6.45) is 2.49. The van der Waals surface area contributed by atoms with E-state index in [0.717, 1.165) is 0 Å².